The number of nitrogens with zero attached hydrogens (tertiary/aromatic N) is 3. The lowest BCUT2D eigenvalue weighted by Crippen LogP contribution is -2.12. The van der Waals surface area contributed by atoms with Crippen LogP contribution in [0.1, 0.15) is 0 Å². The zero-order valence-corrected chi connectivity index (χ0v) is 12.1. The van der Waals surface area contributed by atoms with Gasteiger partial charge < -0.3 is 10.2 Å². The van der Waals surface area contributed by atoms with E-state index in [1.54, 1.807) is 30.5 Å². The maximum atomic E-state index is 13.7. The predicted molar refractivity (Wildman–Crippen MR) is 86.2 cm³/mol. The number of hydrogen-bond acceptors (Lipinski definition) is 4. The molecule has 1 aromatic heterocycles. The van der Waals surface area contributed by atoms with E-state index in [2.05, 4.69) is 15.3 Å². The molecule has 0 saturated heterocycles. The molecule has 1 N–H and O–H groups in total. The molecular weight excluding hydrogens is 279 g/mol. The van der Waals surface area contributed by atoms with E-state index in [1.807, 2.05) is 42.3 Å². The molecule has 110 valence electrons. The first kappa shape index (κ1) is 14.0. The highest BCUT2D eigenvalue weighted by Gasteiger charge is 2.08. The lowest BCUT2D eigenvalue weighted by molar-refractivity contribution is 0.631. The molecular formula is C17H15FN4. The van der Waals surface area contributed by atoms with Crippen molar-refractivity contribution < 1.29 is 4.39 Å². The SMILES string of the molecule is CN(c1ccccc1)c1ccnc(Nc2ccccc2F)n1. The van der Waals surface area contributed by atoms with Gasteiger partial charge in [0.1, 0.15) is 11.6 Å². The molecule has 0 aliphatic rings. The number of aromatic nitrogens is 2. The maximum absolute atomic E-state index is 13.7. The van der Waals surface area contributed by atoms with Crippen molar-refractivity contribution >= 4 is 23.1 Å². The normalized spacial score (nSPS) is 10.3. The van der Waals surface area contributed by atoms with Crippen LogP contribution in [0.4, 0.5) is 27.5 Å². The fourth-order valence-electron chi connectivity index (χ4n) is 2.06. The van der Waals surface area contributed by atoms with Crippen LogP contribution >= 0.6 is 0 Å². The number of nitrogens with one attached hydrogen (secondary N) is 1. The smallest absolute Gasteiger partial charge is 0.229 e. The molecule has 0 bridgehead atoms. The summed E-state index contributed by atoms with van der Waals surface area (Å²) in [5.74, 6) is 0.735. The van der Waals surface area contributed by atoms with Gasteiger partial charge in [0.25, 0.3) is 0 Å². The Kier molecular flexibility index (Phi) is 3.96. The summed E-state index contributed by atoms with van der Waals surface area (Å²) in [7, 11) is 1.92. The zero-order valence-electron chi connectivity index (χ0n) is 12.1. The van der Waals surface area contributed by atoms with Gasteiger partial charge in [0.15, 0.2) is 0 Å². The van der Waals surface area contributed by atoms with E-state index in [-0.39, 0.29) is 5.82 Å². The van der Waals surface area contributed by atoms with Gasteiger partial charge in [-0.05, 0) is 30.3 Å². The minimum Gasteiger partial charge on any atom is -0.329 e. The van der Waals surface area contributed by atoms with E-state index in [0.29, 0.717) is 11.6 Å². The molecule has 0 aliphatic heterocycles. The van der Waals surface area contributed by atoms with Gasteiger partial charge in [-0.3, -0.25) is 0 Å². The Labute approximate surface area is 128 Å². The van der Waals surface area contributed by atoms with Crippen LogP contribution in [0.25, 0.3) is 0 Å². The van der Waals surface area contributed by atoms with Gasteiger partial charge in [-0.2, -0.15) is 4.98 Å². The van der Waals surface area contributed by atoms with Crippen LogP contribution in [0.15, 0.2) is 66.9 Å². The number of hydrogen-bond donors (Lipinski definition) is 1. The maximum Gasteiger partial charge on any atom is 0.229 e. The Hall–Kier alpha value is -2.95. The van der Waals surface area contributed by atoms with Crippen molar-refractivity contribution in [2.24, 2.45) is 0 Å². The molecule has 0 aliphatic carbocycles. The molecule has 0 atom stereocenters. The van der Waals surface area contributed by atoms with E-state index >= 15 is 0 Å². The highest BCUT2D eigenvalue weighted by atomic mass is 19.1. The molecule has 2 aromatic carbocycles. The fourth-order valence-corrected chi connectivity index (χ4v) is 2.06. The van der Waals surface area contributed by atoms with Crippen LogP contribution in [0, 0.1) is 5.82 Å². The van der Waals surface area contributed by atoms with Crippen molar-refractivity contribution in [1.82, 2.24) is 9.97 Å². The van der Waals surface area contributed by atoms with E-state index in [9.17, 15) is 4.39 Å². The first-order valence-corrected chi connectivity index (χ1v) is 6.87. The van der Waals surface area contributed by atoms with Crippen LogP contribution in [0.3, 0.4) is 0 Å². The first-order valence-electron chi connectivity index (χ1n) is 6.87. The van der Waals surface area contributed by atoms with Crippen molar-refractivity contribution in [1.29, 1.82) is 0 Å². The summed E-state index contributed by atoms with van der Waals surface area (Å²) in [5, 5.41) is 2.90. The molecule has 0 fully saturated rings. The Balaban J connectivity index is 1.85. The predicted octanol–water partition coefficient (Wildman–Crippen LogP) is 4.13. The minimum absolute atomic E-state index is 0.340. The van der Waals surface area contributed by atoms with Crippen molar-refractivity contribution in [2.75, 3.05) is 17.3 Å². The number of rotatable bonds is 4. The Morgan fingerprint density at radius 2 is 1.68 bits per heavy atom. The van der Waals surface area contributed by atoms with E-state index in [1.165, 1.54) is 6.07 Å². The summed E-state index contributed by atoms with van der Waals surface area (Å²) >= 11 is 0. The lowest BCUT2D eigenvalue weighted by atomic mass is 10.3. The van der Waals surface area contributed by atoms with Crippen molar-refractivity contribution in [3.05, 3.63) is 72.7 Å². The van der Waals surface area contributed by atoms with E-state index < -0.39 is 0 Å². The van der Waals surface area contributed by atoms with E-state index in [4.69, 9.17) is 0 Å². The van der Waals surface area contributed by atoms with Crippen molar-refractivity contribution in [3.8, 4) is 0 Å². The van der Waals surface area contributed by atoms with Crippen LogP contribution in [-0.2, 0) is 0 Å². The summed E-state index contributed by atoms with van der Waals surface area (Å²) in [6, 6.07) is 18.1. The number of para-hydroxylation sites is 2. The third kappa shape index (κ3) is 3.03. The second-order valence-corrected chi connectivity index (χ2v) is 4.74. The quantitative estimate of drug-likeness (QED) is 0.785. The number of anilines is 4. The van der Waals surface area contributed by atoms with Crippen LogP contribution in [0.2, 0.25) is 0 Å². The molecule has 0 spiro atoms. The largest absolute Gasteiger partial charge is 0.329 e. The molecule has 3 aromatic rings. The summed E-state index contributed by atoms with van der Waals surface area (Å²) in [6.07, 6.45) is 1.64. The first-order chi connectivity index (χ1) is 10.7. The van der Waals surface area contributed by atoms with Gasteiger partial charge in [0.2, 0.25) is 5.95 Å². The van der Waals surface area contributed by atoms with Gasteiger partial charge in [0, 0.05) is 18.9 Å². The minimum atomic E-state index is -0.340. The average molecular weight is 294 g/mol. The van der Waals surface area contributed by atoms with E-state index in [0.717, 1.165) is 11.5 Å². The van der Waals surface area contributed by atoms with Crippen LogP contribution < -0.4 is 10.2 Å². The summed E-state index contributed by atoms with van der Waals surface area (Å²) in [4.78, 5) is 10.5. The lowest BCUT2D eigenvalue weighted by Gasteiger charge is -2.18. The summed E-state index contributed by atoms with van der Waals surface area (Å²) in [5.41, 5.74) is 1.36. The van der Waals surface area contributed by atoms with Crippen molar-refractivity contribution in [2.45, 2.75) is 0 Å². The van der Waals surface area contributed by atoms with Gasteiger partial charge >= 0.3 is 0 Å². The fraction of sp³-hybridized carbons (Fsp3) is 0.0588. The Bertz CT molecular complexity index is 761. The molecule has 1 heterocycles. The highest BCUT2D eigenvalue weighted by Crippen LogP contribution is 2.23. The zero-order chi connectivity index (χ0) is 15.4. The molecule has 3 rings (SSSR count). The number of halogens is 1. The Morgan fingerprint density at radius 3 is 2.45 bits per heavy atom. The van der Waals surface area contributed by atoms with Gasteiger partial charge in [-0.1, -0.05) is 30.3 Å². The third-order valence-electron chi connectivity index (χ3n) is 3.25. The topological polar surface area (TPSA) is 41.1 Å². The summed E-state index contributed by atoms with van der Waals surface area (Å²) < 4.78 is 13.7. The average Bonchev–Trinajstić information content (AvgIpc) is 2.57. The molecule has 5 heteroatoms. The third-order valence-corrected chi connectivity index (χ3v) is 3.25. The highest BCUT2D eigenvalue weighted by molar-refractivity contribution is 5.61. The molecule has 4 nitrogen and oxygen atoms in total. The van der Waals surface area contributed by atoms with Gasteiger partial charge in [-0.25, -0.2) is 9.37 Å². The monoisotopic (exact) mass is 294 g/mol. The number of benzene rings is 2. The molecule has 0 radical (unpaired) electrons. The molecule has 0 saturated carbocycles. The second kappa shape index (κ2) is 6.22. The van der Waals surface area contributed by atoms with Crippen molar-refractivity contribution in [3.63, 3.8) is 0 Å². The Morgan fingerprint density at radius 1 is 0.955 bits per heavy atom. The molecule has 0 amide bonds. The van der Waals surface area contributed by atoms with Gasteiger partial charge in [0.05, 0.1) is 5.69 Å². The van der Waals surface area contributed by atoms with Crippen LogP contribution in [0.5, 0.6) is 0 Å². The van der Waals surface area contributed by atoms with Crippen LogP contribution in [-0.4, -0.2) is 17.0 Å². The molecule has 0 unspecified atom stereocenters. The summed E-state index contributed by atoms with van der Waals surface area (Å²) in [6.45, 7) is 0. The standard InChI is InChI=1S/C17H15FN4/c1-22(13-7-3-2-4-8-13)16-11-12-19-17(21-16)20-15-10-6-5-9-14(15)18/h2-12H,1H3,(H,19,20,21). The second-order valence-electron chi connectivity index (χ2n) is 4.74. The van der Waals surface area contributed by atoms with Gasteiger partial charge in [-0.15, -0.1) is 0 Å². The molecule has 22 heavy (non-hydrogen) atoms.